The third-order valence-corrected chi connectivity index (χ3v) is 3.38. The van der Waals surface area contributed by atoms with E-state index in [4.69, 9.17) is 16.7 Å². The van der Waals surface area contributed by atoms with E-state index in [0.717, 1.165) is 5.39 Å². The summed E-state index contributed by atoms with van der Waals surface area (Å²) in [7, 11) is 0. The van der Waals surface area contributed by atoms with Gasteiger partial charge in [-0.3, -0.25) is 9.59 Å². The van der Waals surface area contributed by atoms with Crippen LogP contribution in [0.2, 0.25) is 5.02 Å². The number of carboxylic acids is 1. The van der Waals surface area contributed by atoms with Crippen molar-refractivity contribution in [3.8, 4) is 0 Å². The first kappa shape index (κ1) is 15.3. The number of amides is 1. The van der Waals surface area contributed by atoms with E-state index in [9.17, 15) is 9.59 Å². The SMILES string of the molecule is CC(CCC(=O)O)NC(=O)c1cc(Cl)c2ccccc2n1. The first-order chi connectivity index (χ1) is 9.97. The maximum atomic E-state index is 12.1. The Morgan fingerprint density at radius 2 is 2.10 bits per heavy atom. The van der Waals surface area contributed by atoms with Crippen molar-refractivity contribution in [2.45, 2.75) is 25.8 Å². The highest BCUT2D eigenvalue weighted by Gasteiger charge is 2.14. The highest BCUT2D eigenvalue weighted by Crippen LogP contribution is 2.22. The summed E-state index contributed by atoms with van der Waals surface area (Å²) in [5.41, 5.74) is 0.870. The number of halogens is 1. The summed E-state index contributed by atoms with van der Waals surface area (Å²) < 4.78 is 0. The highest BCUT2D eigenvalue weighted by atomic mass is 35.5. The van der Waals surface area contributed by atoms with Crippen molar-refractivity contribution in [1.29, 1.82) is 0 Å². The molecule has 6 heteroatoms. The van der Waals surface area contributed by atoms with Crippen LogP contribution in [0.15, 0.2) is 30.3 Å². The lowest BCUT2D eigenvalue weighted by Gasteiger charge is -2.13. The Balaban J connectivity index is 2.14. The summed E-state index contributed by atoms with van der Waals surface area (Å²) in [5.74, 6) is -1.25. The first-order valence-electron chi connectivity index (χ1n) is 6.55. The van der Waals surface area contributed by atoms with E-state index in [2.05, 4.69) is 10.3 Å². The number of nitrogens with one attached hydrogen (secondary N) is 1. The fraction of sp³-hybridized carbons (Fsp3) is 0.267. The van der Waals surface area contributed by atoms with Crippen LogP contribution in [0.3, 0.4) is 0 Å². The van der Waals surface area contributed by atoms with Crippen LogP contribution < -0.4 is 5.32 Å². The predicted molar refractivity (Wildman–Crippen MR) is 80.6 cm³/mol. The normalized spacial score (nSPS) is 12.1. The Morgan fingerprint density at radius 3 is 2.81 bits per heavy atom. The van der Waals surface area contributed by atoms with E-state index in [1.54, 1.807) is 13.0 Å². The van der Waals surface area contributed by atoms with Gasteiger partial charge >= 0.3 is 5.97 Å². The lowest BCUT2D eigenvalue weighted by Crippen LogP contribution is -2.33. The summed E-state index contributed by atoms with van der Waals surface area (Å²) in [6.07, 6.45) is 0.371. The van der Waals surface area contributed by atoms with Crippen molar-refractivity contribution in [2.75, 3.05) is 0 Å². The number of pyridine rings is 1. The van der Waals surface area contributed by atoms with Gasteiger partial charge in [-0.2, -0.15) is 0 Å². The highest BCUT2D eigenvalue weighted by molar-refractivity contribution is 6.35. The van der Waals surface area contributed by atoms with Gasteiger partial charge in [0.2, 0.25) is 0 Å². The molecule has 0 saturated heterocycles. The Morgan fingerprint density at radius 1 is 1.38 bits per heavy atom. The molecule has 0 fully saturated rings. The van der Waals surface area contributed by atoms with E-state index >= 15 is 0 Å². The van der Waals surface area contributed by atoms with E-state index in [1.807, 2.05) is 18.2 Å². The second-order valence-electron chi connectivity index (χ2n) is 4.81. The third kappa shape index (κ3) is 3.92. The zero-order valence-electron chi connectivity index (χ0n) is 11.5. The molecule has 1 aromatic carbocycles. The number of hydrogen-bond acceptors (Lipinski definition) is 3. The molecule has 2 aromatic rings. The van der Waals surface area contributed by atoms with Gasteiger partial charge in [0.25, 0.3) is 5.91 Å². The van der Waals surface area contributed by atoms with Crippen molar-refractivity contribution in [2.24, 2.45) is 0 Å². The summed E-state index contributed by atoms with van der Waals surface area (Å²) in [4.78, 5) is 26.9. The van der Waals surface area contributed by atoms with Crippen LogP contribution >= 0.6 is 11.6 Å². The zero-order chi connectivity index (χ0) is 15.4. The summed E-state index contributed by atoms with van der Waals surface area (Å²) >= 11 is 6.15. The lowest BCUT2D eigenvalue weighted by atomic mass is 10.1. The van der Waals surface area contributed by atoms with Crippen molar-refractivity contribution in [1.82, 2.24) is 10.3 Å². The molecule has 1 amide bonds. The Kier molecular flexibility index (Phi) is 4.75. The molecule has 2 N–H and O–H groups in total. The number of carbonyl (C=O) groups is 2. The summed E-state index contributed by atoms with van der Waals surface area (Å²) in [5, 5.41) is 12.6. The van der Waals surface area contributed by atoms with Gasteiger partial charge in [0.1, 0.15) is 5.69 Å². The molecule has 110 valence electrons. The van der Waals surface area contributed by atoms with Crippen LogP contribution in [0.5, 0.6) is 0 Å². The molecular weight excluding hydrogens is 292 g/mol. The molecule has 1 aromatic heterocycles. The number of carboxylic acid groups (broad SMARTS) is 1. The number of benzene rings is 1. The van der Waals surface area contributed by atoms with Gasteiger partial charge in [0.05, 0.1) is 10.5 Å². The van der Waals surface area contributed by atoms with Crippen LogP contribution in [-0.4, -0.2) is 28.0 Å². The Hall–Kier alpha value is -2.14. The minimum atomic E-state index is -0.886. The number of aliphatic carboxylic acids is 1. The van der Waals surface area contributed by atoms with Crippen molar-refractivity contribution < 1.29 is 14.7 Å². The quantitative estimate of drug-likeness (QED) is 0.890. The van der Waals surface area contributed by atoms with E-state index < -0.39 is 5.97 Å². The monoisotopic (exact) mass is 306 g/mol. The Labute approximate surface area is 126 Å². The standard InChI is InChI=1S/C15H15ClN2O3/c1-9(6-7-14(19)20)17-15(21)13-8-11(16)10-4-2-3-5-12(10)18-13/h2-5,8-9H,6-7H2,1H3,(H,17,21)(H,19,20). The molecule has 0 aliphatic heterocycles. The maximum Gasteiger partial charge on any atom is 0.303 e. The predicted octanol–water partition coefficient (Wildman–Crippen LogP) is 2.87. The fourth-order valence-electron chi connectivity index (χ4n) is 1.96. The molecule has 0 spiro atoms. The van der Waals surface area contributed by atoms with Gasteiger partial charge in [-0.05, 0) is 25.5 Å². The van der Waals surface area contributed by atoms with Crippen LogP contribution in [0.4, 0.5) is 0 Å². The van der Waals surface area contributed by atoms with Gasteiger partial charge in [-0.15, -0.1) is 0 Å². The van der Waals surface area contributed by atoms with Crippen LogP contribution in [-0.2, 0) is 4.79 Å². The molecule has 2 rings (SSSR count). The second kappa shape index (κ2) is 6.54. The molecule has 5 nitrogen and oxygen atoms in total. The molecule has 0 radical (unpaired) electrons. The van der Waals surface area contributed by atoms with Gasteiger partial charge in [0, 0.05) is 17.8 Å². The first-order valence-corrected chi connectivity index (χ1v) is 6.93. The van der Waals surface area contributed by atoms with Crippen LogP contribution in [0.1, 0.15) is 30.3 Å². The fourth-order valence-corrected chi connectivity index (χ4v) is 2.22. The Bertz CT molecular complexity index is 688. The maximum absolute atomic E-state index is 12.1. The minimum absolute atomic E-state index is 0.00729. The van der Waals surface area contributed by atoms with Gasteiger partial charge in [0.15, 0.2) is 0 Å². The minimum Gasteiger partial charge on any atom is -0.481 e. The molecule has 1 atom stereocenters. The molecule has 1 unspecified atom stereocenters. The average Bonchev–Trinajstić information content (AvgIpc) is 2.45. The largest absolute Gasteiger partial charge is 0.481 e. The molecule has 0 aliphatic rings. The number of rotatable bonds is 5. The molecule has 0 bridgehead atoms. The van der Waals surface area contributed by atoms with Crippen LogP contribution in [0, 0.1) is 0 Å². The second-order valence-corrected chi connectivity index (χ2v) is 5.22. The topological polar surface area (TPSA) is 79.3 Å². The van der Waals surface area contributed by atoms with Crippen molar-refractivity contribution in [3.05, 3.63) is 41.0 Å². The number of carbonyl (C=O) groups excluding carboxylic acids is 1. The third-order valence-electron chi connectivity index (χ3n) is 3.07. The average molecular weight is 307 g/mol. The van der Waals surface area contributed by atoms with E-state index in [0.29, 0.717) is 17.0 Å². The molecule has 1 heterocycles. The van der Waals surface area contributed by atoms with Crippen LogP contribution in [0.25, 0.3) is 10.9 Å². The molecule has 21 heavy (non-hydrogen) atoms. The molecule has 0 aliphatic carbocycles. The van der Waals surface area contributed by atoms with Crippen molar-refractivity contribution in [3.63, 3.8) is 0 Å². The van der Waals surface area contributed by atoms with Gasteiger partial charge < -0.3 is 10.4 Å². The number of nitrogens with zero attached hydrogens (tertiary/aromatic N) is 1. The number of para-hydroxylation sites is 1. The number of fused-ring (bicyclic) bond motifs is 1. The summed E-state index contributed by atoms with van der Waals surface area (Å²) in [6.45, 7) is 1.75. The number of hydrogen-bond donors (Lipinski definition) is 2. The smallest absolute Gasteiger partial charge is 0.303 e. The number of aromatic nitrogens is 1. The van der Waals surface area contributed by atoms with Gasteiger partial charge in [-0.25, -0.2) is 4.98 Å². The van der Waals surface area contributed by atoms with Crippen molar-refractivity contribution >= 4 is 34.4 Å². The van der Waals surface area contributed by atoms with E-state index in [-0.39, 0.29) is 24.1 Å². The lowest BCUT2D eigenvalue weighted by molar-refractivity contribution is -0.137. The molecular formula is C15H15ClN2O3. The summed E-state index contributed by atoms with van der Waals surface area (Å²) in [6, 6.07) is 8.56. The molecule has 0 saturated carbocycles. The van der Waals surface area contributed by atoms with E-state index in [1.165, 1.54) is 6.07 Å². The zero-order valence-corrected chi connectivity index (χ0v) is 12.2. The van der Waals surface area contributed by atoms with Gasteiger partial charge in [-0.1, -0.05) is 29.8 Å².